The number of phenolic OH excluding ortho intramolecular Hbond substituents is 1. The van der Waals surface area contributed by atoms with Crippen LogP contribution in [0.15, 0.2) is 63.9 Å². The van der Waals surface area contributed by atoms with Crippen LogP contribution in [0.25, 0.3) is 32.6 Å². The molecule has 5 rings (SSSR count). The Labute approximate surface area is 221 Å². The van der Waals surface area contributed by atoms with Gasteiger partial charge in [-0.15, -0.1) is 0 Å². The highest BCUT2D eigenvalue weighted by Gasteiger charge is 2.26. The summed E-state index contributed by atoms with van der Waals surface area (Å²) in [5.41, 5.74) is 1.69. The zero-order valence-electron chi connectivity index (χ0n) is 21.4. The number of aromatic nitrogens is 1. The number of carboxylic acid groups (broad SMARTS) is 1. The molecule has 0 unspecified atom stereocenters. The van der Waals surface area contributed by atoms with E-state index in [4.69, 9.17) is 13.9 Å². The van der Waals surface area contributed by atoms with E-state index in [-0.39, 0.29) is 12.2 Å². The summed E-state index contributed by atoms with van der Waals surface area (Å²) < 4.78 is 16.7. The van der Waals surface area contributed by atoms with Gasteiger partial charge in [-0.3, -0.25) is 4.79 Å². The highest BCUT2D eigenvalue weighted by molar-refractivity contribution is 6.06. The maximum absolute atomic E-state index is 12.9. The molecule has 0 radical (unpaired) electrons. The Hall–Kier alpha value is -4.99. The van der Waals surface area contributed by atoms with Crippen molar-refractivity contribution in [3.63, 3.8) is 0 Å². The molecule has 0 fully saturated rings. The van der Waals surface area contributed by atoms with Gasteiger partial charge in [-0.2, -0.15) is 0 Å². The first kappa shape index (κ1) is 25.7. The van der Waals surface area contributed by atoms with Gasteiger partial charge in [-0.1, -0.05) is 0 Å². The van der Waals surface area contributed by atoms with Crippen LogP contribution in [0.2, 0.25) is 0 Å². The Balaban J connectivity index is 1.36. The van der Waals surface area contributed by atoms with Gasteiger partial charge in [0.15, 0.2) is 6.10 Å². The molecule has 200 valence electrons. The van der Waals surface area contributed by atoms with Gasteiger partial charge in [0.25, 0.3) is 5.91 Å². The number of methoxy groups -OCH3 is 1. The number of H-pyrrole nitrogens is 1. The van der Waals surface area contributed by atoms with Crippen LogP contribution in [0, 0.1) is 6.92 Å². The van der Waals surface area contributed by atoms with E-state index in [1.807, 2.05) is 0 Å². The Kier molecular flexibility index (Phi) is 6.61. The number of aromatic hydroxyl groups is 1. The third-order valence-electron chi connectivity index (χ3n) is 6.75. The zero-order valence-corrected chi connectivity index (χ0v) is 21.4. The van der Waals surface area contributed by atoms with Crippen molar-refractivity contribution in [3.05, 3.63) is 76.3 Å². The minimum atomic E-state index is -1.23. The predicted octanol–water partition coefficient (Wildman–Crippen LogP) is 4.03. The number of fused-ring (bicyclic) bond motifs is 4. The largest absolute Gasteiger partial charge is 0.508 e. The number of carbonyl (C=O) groups excluding carboxylic acids is 1. The molecule has 1 amide bonds. The molecule has 10 heteroatoms. The Morgan fingerprint density at radius 1 is 1.05 bits per heavy atom. The third kappa shape index (κ3) is 4.84. The van der Waals surface area contributed by atoms with Crippen LogP contribution >= 0.6 is 0 Å². The van der Waals surface area contributed by atoms with Crippen LogP contribution in [0.5, 0.6) is 17.2 Å². The van der Waals surface area contributed by atoms with Gasteiger partial charge >= 0.3 is 11.6 Å². The van der Waals surface area contributed by atoms with Gasteiger partial charge in [-0.25, -0.2) is 9.59 Å². The van der Waals surface area contributed by atoms with Crippen LogP contribution in [-0.4, -0.2) is 46.3 Å². The molecule has 0 aliphatic rings. The molecule has 4 N–H and O–H groups in total. The second-order valence-corrected chi connectivity index (χ2v) is 9.27. The van der Waals surface area contributed by atoms with Gasteiger partial charge in [0.1, 0.15) is 28.9 Å². The molecule has 10 nitrogen and oxygen atoms in total. The molecule has 0 aliphatic carbocycles. The number of benzene rings is 3. The van der Waals surface area contributed by atoms with Gasteiger partial charge < -0.3 is 34.4 Å². The number of carboxylic acids is 1. The summed E-state index contributed by atoms with van der Waals surface area (Å²) in [6.07, 6.45) is 0.597. The van der Waals surface area contributed by atoms with Crippen molar-refractivity contribution in [2.45, 2.75) is 32.4 Å². The summed E-state index contributed by atoms with van der Waals surface area (Å²) in [7, 11) is 1.52. The second kappa shape index (κ2) is 10.1. The number of aryl methyl sites for hydroxylation is 1. The maximum Gasteiger partial charge on any atom is 0.344 e. The number of rotatable bonds is 8. The van der Waals surface area contributed by atoms with Crippen LogP contribution in [-0.2, 0) is 16.0 Å². The number of nitrogens with one attached hydrogen (secondary N) is 2. The molecule has 0 saturated heterocycles. The summed E-state index contributed by atoms with van der Waals surface area (Å²) in [5.74, 6) is -0.933. The van der Waals surface area contributed by atoms with Crippen molar-refractivity contribution in [2.24, 2.45) is 0 Å². The molecule has 0 saturated carbocycles. The molecule has 0 bridgehead atoms. The van der Waals surface area contributed by atoms with Gasteiger partial charge in [-0.05, 0) is 67.9 Å². The fourth-order valence-corrected chi connectivity index (χ4v) is 4.63. The summed E-state index contributed by atoms with van der Waals surface area (Å²) in [6, 6.07) is 12.1. The highest BCUT2D eigenvalue weighted by Crippen LogP contribution is 2.32. The third-order valence-corrected chi connectivity index (χ3v) is 6.75. The summed E-state index contributed by atoms with van der Waals surface area (Å²) in [5, 5.41) is 24.5. The number of aromatic amines is 1. The monoisotopic (exact) mass is 530 g/mol. The number of aliphatic carboxylic acids is 1. The standard InChI is InChI=1S/C29H26N2O8/c1-14-25(9-7-20-19-6-5-18(37-3)12-22(19)29(36)39-26(14)20)38-15(2)27(33)31-24(28(34)35)10-16-13-30-23-8-4-17(32)11-21(16)23/h4-9,11-13,15,24,30,32H,10H2,1-3H3,(H,31,33)(H,34,35)/t15-,24+/m1/s1. The van der Waals surface area contributed by atoms with E-state index in [1.54, 1.807) is 49.5 Å². The van der Waals surface area contributed by atoms with Crippen molar-refractivity contribution >= 4 is 44.5 Å². The van der Waals surface area contributed by atoms with E-state index in [9.17, 15) is 24.6 Å². The molecule has 0 aliphatic heterocycles. The number of amides is 1. The van der Waals surface area contributed by atoms with Crippen LogP contribution in [0.3, 0.4) is 0 Å². The van der Waals surface area contributed by atoms with E-state index in [0.29, 0.717) is 49.8 Å². The average Bonchev–Trinajstić information content (AvgIpc) is 3.31. The van der Waals surface area contributed by atoms with Crippen LogP contribution in [0.4, 0.5) is 0 Å². The molecular formula is C29H26N2O8. The molecule has 2 heterocycles. The van der Waals surface area contributed by atoms with E-state index >= 15 is 0 Å². The lowest BCUT2D eigenvalue weighted by atomic mass is 10.0. The van der Waals surface area contributed by atoms with Crippen molar-refractivity contribution in [3.8, 4) is 17.2 Å². The van der Waals surface area contributed by atoms with Crippen LogP contribution < -0.4 is 20.4 Å². The van der Waals surface area contributed by atoms with E-state index in [1.165, 1.54) is 26.2 Å². The van der Waals surface area contributed by atoms with E-state index < -0.39 is 29.6 Å². The Bertz CT molecular complexity index is 1800. The van der Waals surface area contributed by atoms with Crippen molar-refractivity contribution in [1.82, 2.24) is 10.3 Å². The first-order valence-electron chi connectivity index (χ1n) is 12.2. The van der Waals surface area contributed by atoms with Crippen molar-refractivity contribution in [2.75, 3.05) is 7.11 Å². The fourth-order valence-electron chi connectivity index (χ4n) is 4.63. The zero-order chi connectivity index (χ0) is 27.8. The van der Waals surface area contributed by atoms with Crippen LogP contribution in [0.1, 0.15) is 18.1 Å². The quantitative estimate of drug-likeness (QED) is 0.173. The Morgan fingerprint density at radius 2 is 1.82 bits per heavy atom. The molecule has 39 heavy (non-hydrogen) atoms. The number of hydrogen-bond acceptors (Lipinski definition) is 7. The second-order valence-electron chi connectivity index (χ2n) is 9.27. The first-order valence-corrected chi connectivity index (χ1v) is 12.2. The summed E-state index contributed by atoms with van der Waals surface area (Å²) >= 11 is 0. The lowest BCUT2D eigenvalue weighted by Crippen LogP contribution is -2.47. The highest BCUT2D eigenvalue weighted by atomic mass is 16.5. The molecular weight excluding hydrogens is 504 g/mol. The number of ether oxygens (including phenoxy) is 2. The number of carbonyl (C=O) groups is 2. The molecule has 2 atom stereocenters. The predicted molar refractivity (Wildman–Crippen MR) is 145 cm³/mol. The summed E-state index contributed by atoms with van der Waals surface area (Å²) in [4.78, 5) is 40.6. The van der Waals surface area contributed by atoms with Crippen molar-refractivity contribution in [1.29, 1.82) is 0 Å². The number of hydrogen-bond donors (Lipinski definition) is 4. The molecule has 3 aromatic carbocycles. The summed E-state index contributed by atoms with van der Waals surface area (Å²) in [6.45, 7) is 3.22. The molecule has 5 aromatic rings. The molecule has 0 spiro atoms. The minimum Gasteiger partial charge on any atom is -0.508 e. The normalized spacial score (nSPS) is 12.9. The van der Waals surface area contributed by atoms with Gasteiger partial charge in [0.2, 0.25) is 0 Å². The van der Waals surface area contributed by atoms with E-state index in [2.05, 4.69) is 10.3 Å². The topological polar surface area (TPSA) is 151 Å². The van der Waals surface area contributed by atoms with Gasteiger partial charge in [0.05, 0.1) is 12.5 Å². The minimum absolute atomic E-state index is 0.00470. The Morgan fingerprint density at radius 3 is 2.56 bits per heavy atom. The van der Waals surface area contributed by atoms with Gasteiger partial charge in [0, 0.05) is 39.9 Å². The average molecular weight is 531 g/mol. The smallest absolute Gasteiger partial charge is 0.344 e. The number of phenols is 1. The lowest BCUT2D eigenvalue weighted by Gasteiger charge is -2.20. The molecule has 2 aromatic heterocycles. The fraction of sp³-hybridized carbons (Fsp3) is 0.207. The lowest BCUT2D eigenvalue weighted by molar-refractivity contribution is -0.142. The van der Waals surface area contributed by atoms with Crippen molar-refractivity contribution < 1.29 is 33.7 Å². The van der Waals surface area contributed by atoms with E-state index in [0.717, 1.165) is 5.52 Å². The first-order chi connectivity index (χ1) is 18.7. The maximum atomic E-state index is 12.9. The SMILES string of the molecule is COc1ccc2c(c1)c(=O)oc1c(C)c(O[C@H](C)C(=O)N[C@@H](Cc3c[nH]c4ccc(O)cc34)C(=O)O)ccc12.